The lowest BCUT2D eigenvalue weighted by molar-refractivity contribution is -0.543. The van der Waals surface area contributed by atoms with E-state index in [4.69, 9.17) is 18.6 Å². The Bertz CT molecular complexity index is 1100. The molecule has 7 aliphatic rings. The summed E-state index contributed by atoms with van der Waals surface area (Å²) in [4.78, 5) is 24.6. The van der Waals surface area contributed by atoms with E-state index in [1.165, 1.54) is 12.3 Å². The van der Waals surface area contributed by atoms with Gasteiger partial charge in [-0.2, -0.15) is 0 Å². The molecule has 3 saturated heterocycles. The monoisotopic (exact) mass is 472 g/mol. The number of carbonyl (C=O) groups is 1. The topological polar surface area (TPSA) is 115 Å². The third kappa shape index (κ3) is 2.28. The molecule has 2 N–H and O–H groups in total. The number of aldehydes is 1. The zero-order valence-corrected chi connectivity index (χ0v) is 19.6. The van der Waals surface area contributed by atoms with Gasteiger partial charge in [-0.1, -0.05) is 6.92 Å². The Morgan fingerprint density at radius 1 is 1.12 bits per heavy atom. The molecular formula is C26H32O8. The zero-order chi connectivity index (χ0) is 23.7. The van der Waals surface area contributed by atoms with Crippen LogP contribution in [0.1, 0.15) is 70.3 Å². The summed E-state index contributed by atoms with van der Waals surface area (Å²) in [6, 6.07) is 3.19. The normalized spacial score (nSPS) is 57.1. The SMILES string of the molecule is C[C@]12O[C@H]3C[C@@H](O1)[C@]1(C=O)[C@H]4[C@H](O)C[C@]5(C)[C@H](c6ccc(=O)oc6)CC[C@]5(O)[C@@H]4CC[C@@]1(C3)O2. The number of carbonyl (C=O) groups excluding carboxylic acids is 1. The van der Waals surface area contributed by atoms with Gasteiger partial charge in [0.1, 0.15) is 6.29 Å². The van der Waals surface area contributed by atoms with Gasteiger partial charge in [-0.25, -0.2) is 4.79 Å². The molecule has 7 fully saturated rings. The quantitative estimate of drug-likeness (QED) is 0.630. The highest BCUT2D eigenvalue weighted by molar-refractivity contribution is 5.66. The van der Waals surface area contributed by atoms with E-state index in [0.29, 0.717) is 38.5 Å². The van der Waals surface area contributed by atoms with Crippen molar-refractivity contribution in [2.24, 2.45) is 22.7 Å². The van der Waals surface area contributed by atoms with Crippen molar-refractivity contribution >= 4 is 6.29 Å². The molecule has 4 heterocycles. The van der Waals surface area contributed by atoms with Gasteiger partial charge >= 0.3 is 5.63 Å². The molecule has 8 rings (SSSR count). The first-order valence-corrected chi connectivity index (χ1v) is 12.6. The molecule has 0 aromatic carbocycles. The molecule has 0 unspecified atom stereocenters. The van der Waals surface area contributed by atoms with E-state index in [-0.39, 0.29) is 17.9 Å². The maximum Gasteiger partial charge on any atom is 0.335 e. The van der Waals surface area contributed by atoms with Crippen LogP contribution < -0.4 is 5.63 Å². The number of rotatable bonds is 2. The Hall–Kier alpha value is -1.58. The third-order valence-corrected chi connectivity index (χ3v) is 10.9. The molecule has 0 radical (unpaired) electrons. The molecule has 0 amide bonds. The van der Waals surface area contributed by atoms with Crippen molar-refractivity contribution in [2.75, 3.05) is 0 Å². The van der Waals surface area contributed by atoms with E-state index in [1.54, 1.807) is 13.0 Å². The highest BCUT2D eigenvalue weighted by Crippen LogP contribution is 2.74. The molecule has 4 aliphatic carbocycles. The zero-order valence-electron chi connectivity index (χ0n) is 19.6. The Morgan fingerprint density at radius 2 is 1.94 bits per heavy atom. The highest BCUT2D eigenvalue weighted by atomic mass is 16.9. The van der Waals surface area contributed by atoms with Gasteiger partial charge in [0.05, 0.1) is 41.2 Å². The molecule has 8 heteroatoms. The van der Waals surface area contributed by atoms with Crippen LogP contribution in [0.2, 0.25) is 0 Å². The Labute approximate surface area is 197 Å². The summed E-state index contributed by atoms with van der Waals surface area (Å²) in [7, 11) is 0. The van der Waals surface area contributed by atoms with Gasteiger partial charge in [-0.3, -0.25) is 0 Å². The van der Waals surface area contributed by atoms with Crippen LogP contribution in [0, 0.1) is 22.7 Å². The maximum atomic E-state index is 13.1. The molecule has 34 heavy (non-hydrogen) atoms. The van der Waals surface area contributed by atoms with Crippen LogP contribution >= 0.6 is 0 Å². The van der Waals surface area contributed by atoms with Crippen LogP contribution in [0.3, 0.4) is 0 Å². The lowest BCUT2D eigenvalue weighted by Crippen LogP contribution is -2.82. The second-order valence-corrected chi connectivity index (χ2v) is 12.1. The largest absolute Gasteiger partial charge is 0.431 e. The van der Waals surface area contributed by atoms with E-state index >= 15 is 0 Å². The van der Waals surface area contributed by atoms with Crippen molar-refractivity contribution in [3.05, 3.63) is 34.4 Å². The van der Waals surface area contributed by atoms with Crippen LogP contribution in [-0.2, 0) is 19.0 Å². The van der Waals surface area contributed by atoms with Crippen LogP contribution in [0.4, 0.5) is 0 Å². The molecule has 1 aromatic rings. The molecular weight excluding hydrogens is 440 g/mol. The number of hydrogen-bond donors (Lipinski definition) is 2. The Morgan fingerprint density at radius 3 is 2.65 bits per heavy atom. The first kappa shape index (κ1) is 21.7. The van der Waals surface area contributed by atoms with Crippen LogP contribution in [0.5, 0.6) is 0 Å². The average molecular weight is 473 g/mol. The highest BCUT2D eigenvalue weighted by Gasteiger charge is 2.80. The predicted molar refractivity (Wildman–Crippen MR) is 117 cm³/mol. The van der Waals surface area contributed by atoms with Crippen molar-refractivity contribution < 1.29 is 33.6 Å². The van der Waals surface area contributed by atoms with Crippen molar-refractivity contribution in [2.45, 2.75) is 100 Å². The minimum Gasteiger partial charge on any atom is -0.431 e. The summed E-state index contributed by atoms with van der Waals surface area (Å²) in [6.45, 7) is 3.82. The van der Waals surface area contributed by atoms with Gasteiger partial charge in [0, 0.05) is 37.2 Å². The molecule has 1 spiro atoms. The van der Waals surface area contributed by atoms with Gasteiger partial charge in [0.25, 0.3) is 5.97 Å². The third-order valence-electron chi connectivity index (χ3n) is 10.9. The molecule has 8 nitrogen and oxygen atoms in total. The lowest BCUT2D eigenvalue weighted by Gasteiger charge is -2.73. The second kappa shape index (κ2) is 6.40. The van der Waals surface area contributed by atoms with Crippen molar-refractivity contribution in [1.82, 2.24) is 0 Å². The smallest absolute Gasteiger partial charge is 0.335 e. The summed E-state index contributed by atoms with van der Waals surface area (Å²) in [6.07, 6.45) is 5.38. The van der Waals surface area contributed by atoms with E-state index in [0.717, 1.165) is 18.3 Å². The van der Waals surface area contributed by atoms with E-state index in [2.05, 4.69) is 0 Å². The molecule has 4 bridgehead atoms. The van der Waals surface area contributed by atoms with Gasteiger partial charge in [-0.15, -0.1) is 0 Å². The first-order valence-electron chi connectivity index (χ1n) is 12.6. The molecule has 3 aliphatic heterocycles. The fourth-order valence-electron chi connectivity index (χ4n) is 9.75. The minimum atomic E-state index is -1.16. The summed E-state index contributed by atoms with van der Waals surface area (Å²) in [5.74, 6) is -1.95. The predicted octanol–water partition coefficient (Wildman–Crippen LogP) is 2.25. The van der Waals surface area contributed by atoms with Crippen molar-refractivity contribution in [1.29, 1.82) is 0 Å². The van der Waals surface area contributed by atoms with Crippen LogP contribution in [0.25, 0.3) is 0 Å². The summed E-state index contributed by atoms with van der Waals surface area (Å²) in [5, 5.41) is 24.2. The number of aliphatic hydroxyl groups excluding tert-OH is 1. The summed E-state index contributed by atoms with van der Waals surface area (Å²) < 4.78 is 23.8. The summed E-state index contributed by atoms with van der Waals surface area (Å²) >= 11 is 0. The molecule has 11 atom stereocenters. The van der Waals surface area contributed by atoms with Gasteiger partial charge in [0.15, 0.2) is 0 Å². The lowest BCUT2D eigenvalue weighted by atomic mass is 9.40. The Balaban J connectivity index is 1.33. The van der Waals surface area contributed by atoms with Crippen LogP contribution in [0.15, 0.2) is 27.6 Å². The standard InChI is InChI=1S/C26H32O8/c1-22-11-18(28)21-17(26(22,30)8-6-16(22)14-3-4-20(29)31-12-14)5-7-24-10-15-9-19(25(21,24)13-27)33-23(2,32-15)34-24/h3-4,12-13,15-19,21,28,30H,5-11H2,1-2H3/t15-,16-,17+,18+,19+,21+,22+,23-,24-,25+,26-/m0/s1. The fraction of sp³-hybridized carbons (Fsp3) is 0.769. The number of fused-ring (bicyclic) bond motifs is 3. The summed E-state index contributed by atoms with van der Waals surface area (Å²) in [5.41, 5.74) is -3.00. The number of hydrogen-bond acceptors (Lipinski definition) is 8. The first-order chi connectivity index (χ1) is 16.1. The Kier molecular flexibility index (Phi) is 4.08. The van der Waals surface area contributed by atoms with Crippen molar-refractivity contribution in [3.63, 3.8) is 0 Å². The molecule has 4 saturated carbocycles. The fourth-order valence-corrected chi connectivity index (χ4v) is 9.75. The van der Waals surface area contributed by atoms with E-state index in [9.17, 15) is 19.8 Å². The maximum absolute atomic E-state index is 13.1. The van der Waals surface area contributed by atoms with Gasteiger partial charge in [-0.05, 0) is 55.6 Å². The number of aliphatic hydroxyl groups is 2. The second-order valence-electron chi connectivity index (χ2n) is 12.1. The molecule has 1 aromatic heterocycles. The minimum absolute atomic E-state index is 0.0280. The number of ether oxygens (including phenoxy) is 3. The van der Waals surface area contributed by atoms with E-state index in [1.807, 2.05) is 6.92 Å². The van der Waals surface area contributed by atoms with Crippen molar-refractivity contribution in [3.8, 4) is 0 Å². The van der Waals surface area contributed by atoms with Crippen LogP contribution in [-0.4, -0.2) is 52.0 Å². The molecule has 184 valence electrons. The average Bonchev–Trinajstić information content (AvgIpc) is 3.04. The van der Waals surface area contributed by atoms with E-state index < -0.39 is 51.8 Å². The van der Waals surface area contributed by atoms with Gasteiger partial charge in [0.2, 0.25) is 0 Å². The van der Waals surface area contributed by atoms with Gasteiger partial charge < -0.3 is 33.6 Å².